The topological polar surface area (TPSA) is 36.9 Å². The Balaban J connectivity index is 2.47. The summed E-state index contributed by atoms with van der Waals surface area (Å²) in [5.74, 6) is 2.59. The van der Waals surface area contributed by atoms with Gasteiger partial charge in [-0.15, -0.1) is 25.3 Å². The zero-order chi connectivity index (χ0) is 17.7. The van der Waals surface area contributed by atoms with Crippen LogP contribution in [0.3, 0.4) is 0 Å². The van der Waals surface area contributed by atoms with E-state index in [0.717, 1.165) is 11.1 Å². The van der Waals surface area contributed by atoms with Gasteiger partial charge in [-0.2, -0.15) is 0 Å². The number of thiol groups is 2. The van der Waals surface area contributed by atoms with Gasteiger partial charge in [0.25, 0.3) is 0 Å². The molecule has 128 valence electrons. The highest BCUT2D eigenvalue weighted by Crippen LogP contribution is 2.38. The molecule has 0 fully saturated rings. The Hall–Kier alpha value is -1.92. The van der Waals surface area contributed by atoms with Crippen LogP contribution in [0.15, 0.2) is 36.4 Å². The molecule has 4 nitrogen and oxygen atoms in total. The molecule has 0 bridgehead atoms. The maximum Gasteiger partial charge on any atom is 0.161 e. The van der Waals surface area contributed by atoms with Crippen molar-refractivity contribution in [3.05, 3.63) is 47.5 Å². The lowest BCUT2D eigenvalue weighted by Gasteiger charge is -2.13. The van der Waals surface area contributed by atoms with Gasteiger partial charge in [-0.05, 0) is 47.5 Å². The Labute approximate surface area is 153 Å². The summed E-state index contributed by atoms with van der Waals surface area (Å²) in [6, 6.07) is 11.2. The summed E-state index contributed by atoms with van der Waals surface area (Å²) in [5.41, 5.74) is 1.74. The Kier molecular flexibility index (Phi) is 6.34. The number of ether oxygens (including phenoxy) is 4. The summed E-state index contributed by atoms with van der Waals surface area (Å²) in [6.07, 6.45) is 0. The van der Waals surface area contributed by atoms with Gasteiger partial charge in [0.2, 0.25) is 0 Å². The van der Waals surface area contributed by atoms with Gasteiger partial charge in [0.05, 0.1) is 28.4 Å². The number of benzene rings is 2. The van der Waals surface area contributed by atoms with Gasteiger partial charge >= 0.3 is 0 Å². The third-order valence-corrected chi connectivity index (χ3v) is 4.68. The van der Waals surface area contributed by atoms with E-state index in [2.05, 4.69) is 25.3 Å². The van der Waals surface area contributed by atoms with Gasteiger partial charge in [-0.25, -0.2) is 0 Å². The van der Waals surface area contributed by atoms with Gasteiger partial charge in [-0.3, -0.25) is 0 Å². The van der Waals surface area contributed by atoms with Crippen LogP contribution in [0.1, 0.15) is 11.1 Å². The first-order valence-corrected chi connectivity index (χ1v) is 8.02. The van der Waals surface area contributed by atoms with Crippen molar-refractivity contribution in [2.24, 2.45) is 0 Å². The van der Waals surface area contributed by atoms with E-state index in [-0.39, 0.29) is 0 Å². The van der Waals surface area contributed by atoms with Crippen LogP contribution in [0.25, 0.3) is 9.81 Å². The molecule has 6 heteroatoms. The van der Waals surface area contributed by atoms with E-state index in [9.17, 15) is 0 Å². The number of hydrogen-bond donors (Lipinski definition) is 2. The van der Waals surface area contributed by atoms with Crippen molar-refractivity contribution in [1.29, 1.82) is 0 Å². The van der Waals surface area contributed by atoms with Crippen LogP contribution in [-0.4, -0.2) is 28.4 Å². The standard InChI is InChI=1S/C18H20O4S2/c1-19-13-7-5-11(9-15(13)21-3)17(23)18(24)12-6-8-14(20-2)16(10-12)22-4/h5-10,23-24H,1-4H3/b18-17+. The summed E-state index contributed by atoms with van der Waals surface area (Å²) in [6.45, 7) is 0. The van der Waals surface area contributed by atoms with Crippen LogP contribution in [-0.2, 0) is 0 Å². The zero-order valence-corrected chi connectivity index (χ0v) is 15.8. The number of rotatable bonds is 6. The minimum absolute atomic E-state index is 0.634. The van der Waals surface area contributed by atoms with E-state index in [4.69, 9.17) is 18.9 Å². The van der Waals surface area contributed by atoms with Gasteiger partial charge in [0.15, 0.2) is 23.0 Å². The molecular formula is C18H20O4S2. The second-order valence-electron chi connectivity index (χ2n) is 4.84. The van der Waals surface area contributed by atoms with Crippen molar-refractivity contribution < 1.29 is 18.9 Å². The predicted molar refractivity (Wildman–Crippen MR) is 104 cm³/mol. The van der Waals surface area contributed by atoms with E-state index >= 15 is 0 Å². The first-order valence-electron chi connectivity index (χ1n) is 7.12. The van der Waals surface area contributed by atoms with Crippen molar-refractivity contribution in [2.45, 2.75) is 0 Å². The van der Waals surface area contributed by atoms with Crippen LogP contribution < -0.4 is 18.9 Å². The second kappa shape index (κ2) is 8.26. The molecule has 0 aliphatic heterocycles. The van der Waals surface area contributed by atoms with E-state index < -0.39 is 0 Å². The third-order valence-electron chi connectivity index (χ3n) is 3.54. The molecule has 0 heterocycles. The van der Waals surface area contributed by atoms with Crippen molar-refractivity contribution in [2.75, 3.05) is 28.4 Å². The Morgan fingerprint density at radius 3 is 1.21 bits per heavy atom. The summed E-state index contributed by atoms with van der Waals surface area (Å²) in [5, 5.41) is 0. The molecule has 0 aromatic heterocycles. The van der Waals surface area contributed by atoms with Gasteiger partial charge in [-0.1, -0.05) is 0 Å². The lowest BCUT2D eigenvalue weighted by atomic mass is 10.1. The minimum atomic E-state index is 0.634. The fraction of sp³-hybridized carbons (Fsp3) is 0.222. The zero-order valence-electron chi connectivity index (χ0n) is 14.0. The van der Waals surface area contributed by atoms with Gasteiger partial charge in [0, 0.05) is 9.81 Å². The molecule has 0 aliphatic carbocycles. The predicted octanol–water partition coefficient (Wildman–Crippen LogP) is 4.41. The lowest BCUT2D eigenvalue weighted by molar-refractivity contribution is 0.355. The van der Waals surface area contributed by atoms with Crippen molar-refractivity contribution in [1.82, 2.24) is 0 Å². The summed E-state index contributed by atoms with van der Waals surface area (Å²) < 4.78 is 21.2. The molecule has 0 saturated carbocycles. The molecule has 2 rings (SSSR count). The molecular weight excluding hydrogens is 344 g/mol. The molecule has 2 aromatic rings. The average Bonchev–Trinajstić information content (AvgIpc) is 2.65. The monoisotopic (exact) mass is 364 g/mol. The van der Waals surface area contributed by atoms with Crippen LogP contribution in [0.2, 0.25) is 0 Å². The molecule has 0 N–H and O–H groups in total. The average molecular weight is 364 g/mol. The molecule has 0 spiro atoms. The van der Waals surface area contributed by atoms with Crippen molar-refractivity contribution in [3.63, 3.8) is 0 Å². The molecule has 24 heavy (non-hydrogen) atoms. The first kappa shape index (κ1) is 18.4. The fourth-order valence-electron chi connectivity index (χ4n) is 2.24. The van der Waals surface area contributed by atoms with Crippen LogP contribution in [0.4, 0.5) is 0 Å². The molecule has 0 atom stereocenters. The third kappa shape index (κ3) is 3.76. The SMILES string of the molecule is COc1ccc(/C(S)=C(\S)c2ccc(OC)c(OC)c2)cc1OC. The van der Waals surface area contributed by atoms with E-state index in [0.29, 0.717) is 32.8 Å². The Morgan fingerprint density at radius 1 is 0.583 bits per heavy atom. The first-order chi connectivity index (χ1) is 11.5. The second-order valence-corrected chi connectivity index (χ2v) is 5.73. The largest absolute Gasteiger partial charge is 0.493 e. The maximum absolute atomic E-state index is 5.34. The molecule has 0 aliphatic rings. The Morgan fingerprint density at radius 2 is 0.917 bits per heavy atom. The van der Waals surface area contributed by atoms with Gasteiger partial charge < -0.3 is 18.9 Å². The minimum Gasteiger partial charge on any atom is -0.493 e. The highest BCUT2D eigenvalue weighted by atomic mass is 32.1. The molecule has 0 amide bonds. The fourth-order valence-corrected chi connectivity index (χ4v) is 2.78. The summed E-state index contributed by atoms with van der Waals surface area (Å²) in [7, 11) is 6.39. The molecule has 2 aromatic carbocycles. The molecule has 0 saturated heterocycles. The number of hydrogen-bond acceptors (Lipinski definition) is 6. The molecule has 0 radical (unpaired) electrons. The van der Waals surface area contributed by atoms with Crippen LogP contribution >= 0.6 is 25.3 Å². The quantitative estimate of drug-likeness (QED) is 0.588. The van der Waals surface area contributed by atoms with E-state index in [1.54, 1.807) is 28.4 Å². The Bertz CT molecular complexity index is 693. The maximum atomic E-state index is 5.34. The highest BCUT2D eigenvalue weighted by molar-refractivity contribution is 7.96. The van der Waals surface area contributed by atoms with E-state index in [1.807, 2.05) is 36.4 Å². The lowest BCUT2D eigenvalue weighted by Crippen LogP contribution is -1.93. The number of methoxy groups -OCH3 is 4. The summed E-state index contributed by atoms with van der Waals surface area (Å²) >= 11 is 9.25. The van der Waals surface area contributed by atoms with Crippen LogP contribution in [0.5, 0.6) is 23.0 Å². The molecule has 0 unspecified atom stereocenters. The highest BCUT2D eigenvalue weighted by Gasteiger charge is 2.12. The van der Waals surface area contributed by atoms with Crippen molar-refractivity contribution >= 4 is 35.1 Å². The van der Waals surface area contributed by atoms with Crippen LogP contribution in [0, 0.1) is 0 Å². The summed E-state index contributed by atoms with van der Waals surface area (Å²) in [4.78, 5) is 1.43. The van der Waals surface area contributed by atoms with Crippen molar-refractivity contribution in [3.8, 4) is 23.0 Å². The van der Waals surface area contributed by atoms with E-state index in [1.165, 1.54) is 0 Å². The smallest absolute Gasteiger partial charge is 0.161 e. The normalized spacial score (nSPS) is 11.6. The van der Waals surface area contributed by atoms with Gasteiger partial charge in [0.1, 0.15) is 0 Å².